The zero-order chi connectivity index (χ0) is 13.0. The van der Waals surface area contributed by atoms with Crippen LogP contribution in [0.5, 0.6) is 0 Å². The summed E-state index contributed by atoms with van der Waals surface area (Å²) in [4.78, 5) is 10.8. The van der Waals surface area contributed by atoms with Crippen molar-refractivity contribution in [2.75, 3.05) is 13.2 Å². The molecule has 0 aromatic carbocycles. The standard InChI is InChI=1S/C10H15F3O3/c1-7(10(11,12)13)8(14)15-5-6-16-9(2,3)4/h1,5-6H2,2-4H3. The number of esters is 1. The van der Waals surface area contributed by atoms with Crippen molar-refractivity contribution in [1.29, 1.82) is 0 Å². The normalized spacial score (nSPS) is 12.4. The van der Waals surface area contributed by atoms with E-state index >= 15 is 0 Å². The van der Waals surface area contributed by atoms with Gasteiger partial charge < -0.3 is 9.47 Å². The van der Waals surface area contributed by atoms with Crippen molar-refractivity contribution in [2.24, 2.45) is 0 Å². The van der Waals surface area contributed by atoms with Crippen LogP contribution in [0.15, 0.2) is 12.2 Å². The summed E-state index contributed by atoms with van der Waals surface area (Å²) in [6.07, 6.45) is -4.75. The Hall–Kier alpha value is -1.04. The van der Waals surface area contributed by atoms with E-state index in [0.29, 0.717) is 0 Å². The molecule has 0 atom stereocenters. The second-order valence-corrected chi connectivity index (χ2v) is 4.07. The first-order valence-corrected chi connectivity index (χ1v) is 4.61. The van der Waals surface area contributed by atoms with Crippen LogP contribution < -0.4 is 0 Å². The maximum absolute atomic E-state index is 12.0. The summed E-state index contributed by atoms with van der Waals surface area (Å²) >= 11 is 0. The fourth-order valence-electron chi connectivity index (χ4n) is 0.685. The van der Waals surface area contributed by atoms with Gasteiger partial charge in [0, 0.05) is 0 Å². The van der Waals surface area contributed by atoms with Crippen LogP contribution in [0.25, 0.3) is 0 Å². The van der Waals surface area contributed by atoms with Crippen LogP contribution in [-0.4, -0.2) is 31.0 Å². The van der Waals surface area contributed by atoms with Crippen molar-refractivity contribution in [3.8, 4) is 0 Å². The number of halogens is 3. The number of ether oxygens (including phenoxy) is 2. The van der Waals surface area contributed by atoms with Gasteiger partial charge in [0.05, 0.1) is 12.2 Å². The first kappa shape index (κ1) is 15.0. The number of alkyl halides is 3. The van der Waals surface area contributed by atoms with Crippen molar-refractivity contribution < 1.29 is 27.4 Å². The summed E-state index contributed by atoms with van der Waals surface area (Å²) in [5, 5.41) is 0. The largest absolute Gasteiger partial charge is 0.460 e. The molecule has 0 aromatic heterocycles. The number of rotatable bonds is 4. The molecule has 0 aliphatic carbocycles. The van der Waals surface area contributed by atoms with Gasteiger partial charge in [0.25, 0.3) is 0 Å². The SMILES string of the molecule is C=C(C(=O)OCCOC(C)(C)C)C(F)(F)F. The maximum atomic E-state index is 12.0. The molecule has 0 bridgehead atoms. The van der Waals surface area contributed by atoms with Gasteiger partial charge in [0.2, 0.25) is 0 Å². The van der Waals surface area contributed by atoms with E-state index in [2.05, 4.69) is 11.3 Å². The lowest BCUT2D eigenvalue weighted by Crippen LogP contribution is -2.25. The minimum absolute atomic E-state index is 0.0420. The van der Waals surface area contributed by atoms with E-state index in [1.165, 1.54) is 0 Å². The van der Waals surface area contributed by atoms with E-state index in [9.17, 15) is 18.0 Å². The van der Waals surface area contributed by atoms with E-state index in [4.69, 9.17) is 4.74 Å². The molecule has 0 fully saturated rings. The molecule has 0 rings (SSSR count). The molecule has 16 heavy (non-hydrogen) atoms. The van der Waals surface area contributed by atoms with Gasteiger partial charge in [-0.25, -0.2) is 4.79 Å². The van der Waals surface area contributed by atoms with E-state index in [1.807, 2.05) is 0 Å². The Labute approximate surface area is 92.2 Å². The quantitative estimate of drug-likeness (QED) is 0.430. The third-order valence-electron chi connectivity index (χ3n) is 1.44. The summed E-state index contributed by atoms with van der Waals surface area (Å²) in [6.45, 7) is 7.77. The fraction of sp³-hybridized carbons (Fsp3) is 0.700. The van der Waals surface area contributed by atoms with Crippen molar-refractivity contribution in [2.45, 2.75) is 32.5 Å². The van der Waals surface area contributed by atoms with Crippen molar-refractivity contribution in [3.63, 3.8) is 0 Å². The number of carbonyl (C=O) groups is 1. The molecule has 0 aliphatic rings. The molecule has 3 nitrogen and oxygen atoms in total. The molecule has 0 aliphatic heterocycles. The van der Waals surface area contributed by atoms with Gasteiger partial charge in [0.1, 0.15) is 12.2 Å². The highest BCUT2D eigenvalue weighted by Crippen LogP contribution is 2.24. The zero-order valence-electron chi connectivity index (χ0n) is 9.48. The molecule has 0 saturated carbocycles. The summed E-state index contributed by atoms with van der Waals surface area (Å²) in [6, 6.07) is 0. The van der Waals surface area contributed by atoms with Crippen LogP contribution in [0.2, 0.25) is 0 Å². The highest BCUT2D eigenvalue weighted by molar-refractivity contribution is 5.89. The molecule has 0 spiro atoms. The predicted molar refractivity (Wildman–Crippen MR) is 51.9 cm³/mol. The molecule has 94 valence electrons. The number of hydrogen-bond donors (Lipinski definition) is 0. The highest BCUT2D eigenvalue weighted by atomic mass is 19.4. The zero-order valence-corrected chi connectivity index (χ0v) is 9.48. The van der Waals surface area contributed by atoms with Crippen molar-refractivity contribution in [3.05, 3.63) is 12.2 Å². The second kappa shape index (κ2) is 5.34. The van der Waals surface area contributed by atoms with Crippen LogP contribution >= 0.6 is 0 Å². The van der Waals surface area contributed by atoms with E-state index < -0.39 is 23.3 Å². The van der Waals surface area contributed by atoms with Crippen molar-refractivity contribution in [1.82, 2.24) is 0 Å². The smallest absolute Gasteiger partial charge is 0.422 e. The maximum Gasteiger partial charge on any atom is 0.422 e. The van der Waals surface area contributed by atoms with Crippen LogP contribution in [0.3, 0.4) is 0 Å². The lowest BCUT2D eigenvalue weighted by atomic mass is 10.2. The van der Waals surface area contributed by atoms with Gasteiger partial charge >= 0.3 is 12.1 Å². The van der Waals surface area contributed by atoms with Gasteiger partial charge in [-0.1, -0.05) is 6.58 Å². The molecule has 0 unspecified atom stereocenters. The van der Waals surface area contributed by atoms with Crippen LogP contribution in [0, 0.1) is 0 Å². The Balaban J connectivity index is 3.88. The van der Waals surface area contributed by atoms with Gasteiger partial charge in [-0.05, 0) is 20.8 Å². The third kappa shape index (κ3) is 6.44. The van der Waals surface area contributed by atoms with Crippen LogP contribution in [-0.2, 0) is 14.3 Å². The monoisotopic (exact) mass is 240 g/mol. The van der Waals surface area contributed by atoms with Crippen LogP contribution in [0.1, 0.15) is 20.8 Å². The Kier molecular flexibility index (Phi) is 4.99. The van der Waals surface area contributed by atoms with Gasteiger partial charge in [-0.15, -0.1) is 0 Å². The predicted octanol–water partition coefficient (Wildman–Crippen LogP) is 2.46. The van der Waals surface area contributed by atoms with Gasteiger partial charge in [0.15, 0.2) is 0 Å². The summed E-state index contributed by atoms with van der Waals surface area (Å²) in [5.74, 6) is -1.47. The first-order chi connectivity index (χ1) is 7.04. The molecular weight excluding hydrogens is 225 g/mol. The molecular formula is C10H15F3O3. The van der Waals surface area contributed by atoms with E-state index in [1.54, 1.807) is 20.8 Å². The molecule has 0 amide bonds. The third-order valence-corrected chi connectivity index (χ3v) is 1.44. The highest BCUT2D eigenvalue weighted by Gasteiger charge is 2.37. The lowest BCUT2D eigenvalue weighted by Gasteiger charge is -2.19. The van der Waals surface area contributed by atoms with Crippen LogP contribution in [0.4, 0.5) is 13.2 Å². The number of hydrogen-bond acceptors (Lipinski definition) is 3. The molecule has 6 heteroatoms. The summed E-state index contributed by atoms with van der Waals surface area (Å²) < 4.78 is 45.4. The minimum Gasteiger partial charge on any atom is -0.460 e. The molecule has 0 N–H and O–H groups in total. The van der Waals surface area contributed by atoms with Crippen molar-refractivity contribution >= 4 is 5.97 Å². The average Bonchev–Trinajstić information content (AvgIpc) is 2.07. The lowest BCUT2D eigenvalue weighted by molar-refractivity contribution is -0.153. The fourth-order valence-corrected chi connectivity index (χ4v) is 0.685. The molecule has 0 radical (unpaired) electrons. The van der Waals surface area contributed by atoms with Gasteiger partial charge in [-0.2, -0.15) is 13.2 Å². The van der Waals surface area contributed by atoms with E-state index in [-0.39, 0.29) is 13.2 Å². The second-order valence-electron chi connectivity index (χ2n) is 4.07. The Morgan fingerprint density at radius 2 is 1.69 bits per heavy atom. The Morgan fingerprint density at radius 1 is 1.19 bits per heavy atom. The molecule has 0 aromatic rings. The Bertz CT molecular complexity index is 263. The average molecular weight is 240 g/mol. The summed E-state index contributed by atoms with van der Waals surface area (Å²) in [5.41, 5.74) is -1.93. The van der Waals surface area contributed by atoms with E-state index in [0.717, 1.165) is 0 Å². The minimum atomic E-state index is -4.75. The van der Waals surface area contributed by atoms with Gasteiger partial charge in [-0.3, -0.25) is 0 Å². The molecule has 0 heterocycles. The topological polar surface area (TPSA) is 35.5 Å². The summed E-state index contributed by atoms with van der Waals surface area (Å²) in [7, 11) is 0. The number of carbonyl (C=O) groups excluding carboxylic acids is 1. The Morgan fingerprint density at radius 3 is 2.06 bits per heavy atom. The first-order valence-electron chi connectivity index (χ1n) is 4.61. The molecule has 0 saturated heterocycles.